The molecule has 0 radical (unpaired) electrons. The van der Waals surface area contributed by atoms with Gasteiger partial charge in [-0.3, -0.25) is 0 Å². The van der Waals surface area contributed by atoms with Crippen LogP contribution in [0.15, 0.2) is 96.1 Å². The Labute approximate surface area is 246 Å². The summed E-state index contributed by atoms with van der Waals surface area (Å²) in [7, 11) is 0. The lowest BCUT2D eigenvalue weighted by Gasteiger charge is -2.35. The number of likely N-dealkylation sites (tertiary alicyclic amines) is 1. The van der Waals surface area contributed by atoms with Gasteiger partial charge in [-0.2, -0.15) is 15.8 Å². The van der Waals surface area contributed by atoms with E-state index in [1.54, 1.807) is 12.5 Å². The average Bonchev–Trinajstić information content (AvgIpc) is 3.38. The summed E-state index contributed by atoms with van der Waals surface area (Å²) < 4.78 is 5.53. The minimum atomic E-state index is -0.255. The lowest BCUT2D eigenvalue weighted by atomic mass is 9.95. The zero-order valence-electron chi connectivity index (χ0n) is 23.8. The molecule has 9 nitrogen and oxygen atoms in total. The Kier molecular flexibility index (Phi) is 7.94. The molecule has 0 bridgehead atoms. The van der Waals surface area contributed by atoms with Crippen LogP contribution in [-0.2, 0) is 17.8 Å². The molecule has 1 fully saturated rings. The first-order valence-corrected chi connectivity index (χ1v) is 14.5. The third-order valence-electron chi connectivity index (χ3n) is 8.02. The van der Waals surface area contributed by atoms with Crippen LogP contribution in [0.2, 0.25) is 0 Å². The Morgan fingerprint density at radius 2 is 1.83 bits per heavy atom. The normalized spacial score (nSPS) is 20.1. The predicted molar refractivity (Wildman–Crippen MR) is 165 cm³/mol. The second-order valence-corrected chi connectivity index (χ2v) is 10.9. The summed E-state index contributed by atoms with van der Waals surface area (Å²) in [5.74, 6) is 8.00. The van der Waals surface area contributed by atoms with Crippen molar-refractivity contribution in [1.29, 1.82) is 0 Å². The van der Waals surface area contributed by atoms with E-state index in [1.165, 1.54) is 0 Å². The molecule has 0 aliphatic carbocycles. The van der Waals surface area contributed by atoms with Crippen molar-refractivity contribution in [2.24, 2.45) is 10.8 Å². The topological polar surface area (TPSA) is 106 Å². The van der Waals surface area contributed by atoms with E-state index in [0.717, 1.165) is 53.7 Å². The Morgan fingerprint density at radius 1 is 1.05 bits per heavy atom. The Morgan fingerprint density at radius 3 is 2.64 bits per heavy atom. The highest BCUT2D eigenvalue weighted by Crippen LogP contribution is 2.41. The number of nitrogens with two attached hydrogens (primary N) is 1. The lowest BCUT2D eigenvalue weighted by molar-refractivity contribution is 0.0681. The molecule has 42 heavy (non-hydrogen) atoms. The summed E-state index contributed by atoms with van der Waals surface area (Å²) in [6.07, 6.45) is 6.90. The number of carbonyl (C=O) groups excluding carboxylic acids is 1. The SMILES string of the molecule is CC(Nc1nccc([N+]2(N)C=Nc3cc(CC4CCCCN4C(=O)OCc4ccccc4)ccc32)n1)c1ccccc1. The van der Waals surface area contributed by atoms with Crippen LogP contribution in [0.4, 0.5) is 27.9 Å². The molecule has 3 unspecified atom stereocenters. The Hall–Kier alpha value is -4.60. The van der Waals surface area contributed by atoms with Gasteiger partial charge in [0, 0.05) is 30.9 Å². The number of anilines is 1. The molecular weight excluding hydrogens is 526 g/mol. The number of benzene rings is 3. The molecular formula is C33H36N7O2+. The van der Waals surface area contributed by atoms with Crippen molar-refractivity contribution in [3.63, 3.8) is 0 Å². The average molecular weight is 563 g/mol. The summed E-state index contributed by atoms with van der Waals surface area (Å²) in [4.78, 5) is 28.8. The highest BCUT2D eigenvalue weighted by Gasteiger charge is 2.38. The van der Waals surface area contributed by atoms with E-state index < -0.39 is 0 Å². The summed E-state index contributed by atoms with van der Waals surface area (Å²) in [6.45, 7) is 3.05. The van der Waals surface area contributed by atoms with E-state index in [-0.39, 0.29) is 29.4 Å². The first-order valence-electron chi connectivity index (χ1n) is 14.5. The van der Waals surface area contributed by atoms with E-state index in [0.29, 0.717) is 18.3 Å². The monoisotopic (exact) mass is 562 g/mol. The van der Waals surface area contributed by atoms with Crippen molar-refractivity contribution < 1.29 is 9.53 Å². The molecule has 3 aromatic carbocycles. The molecule has 3 heterocycles. The largest absolute Gasteiger partial charge is 0.445 e. The molecule has 0 spiro atoms. The molecule has 1 aromatic heterocycles. The second-order valence-electron chi connectivity index (χ2n) is 10.9. The molecule has 6 rings (SSSR count). The first-order chi connectivity index (χ1) is 20.5. The van der Waals surface area contributed by atoms with Gasteiger partial charge in [0.25, 0.3) is 5.82 Å². The van der Waals surface area contributed by atoms with Crippen LogP contribution >= 0.6 is 0 Å². The van der Waals surface area contributed by atoms with Crippen LogP contribution in [0.25, 0.3) is 0 Å². The molecule has 3 N–H and O–H groups in total. The minimum absolute atomic E-state index is 0.0322. The molecule has 2 aliphatic rings. The van der Waals surface area contributed by atoms with Crippen molar-refractivity contribution in [1.82, 2.24) is 19.5 Å². The highest BCUT2D eigenvalue weighted by atomic mass is 16.6. The number of piperidine rings is 1. The van der Waals surface area contributed by atoms with Gasteiger partial charge >= 0.3 is 6.09 Å². The van der Waals surface area contributed by atoms with Gasteiger partial charge in [-0.25, -0.2) is 9.78 Å². The van der Waals surface area contributed by atoms with E-state index in [4.69, 9.17) is 15.6 Å². The number of rotatable bonds is 8. The van der Waals surface area contributed by atoms with E-state index in [2.05, 4.69) is 46.5 Å². The van der Waals surface area contributed by atoms with Crippen molar-refractivity contribution >= 4 is 35.6 Å². The van der Waals surface area contributed by atoms with Crippen molar-refractivity contribution in [3.05, 3.63) is 108 Å². The van der Waals surface area contributed by atoms with E-state index in [1.807, 2.05) is 65.6 Å². The number of hydrogen-bond donors (Lipinski definition) is 2. The lowest BCUT2D eigenvalue weighted by Crippen LogP contribution is -2.49. The predicted octanol–water partition coefficient (Wildman–Crippen LogP) is 6.57. The standard InChI is InChI=1S/C33H36N7O2/c1-24(27-12-6-3-7-13-27)37-32-35-18-17-31(38-32)40(34)23-36-29-21-26(15-16-30(29)40)20-28-14-8-9-19-39(28)33(41)42-22-25-10-4-2-5-11-25/h2-7,10-13,15-18,21,23-24,28H,8-9,14,19-20,22,34H2,1H3,(H,35,37,38)/q+1. The van der Waals surface area contributed by atoms with Gasteiger partial charge < -0.3 is 15.0 Å². The van der Waals surface area contributed by atoms with Crippen molar-refractivity contribution in [2.75, 3.05) is 11.9 Å². The number of ether oxygens (including phenoxy) is 1. The number of amides is 1. The van der Waals surface area contributed by atoms with Crippen LogP contribution in [0, 0.1) is 0 Å². The van der Waals surface area contributed by atoms with Crippen molar-refractivity contribution in [3.8, 4) is 0 Å². The number of aliphatic imine (C=N–C) groups is 1. The van der Waals surface area contributed by atoms with Crippen LogP contribution in [0.1, 0.15) is 48.9 Å². The number of fused-ring (bicyclic) bond motifs is 1. The van der Waals surface area contributed by atoms with Gasteiger partial charge in [-0.1, -0.05) is 66.7 Å². The van der Waals surface area contributed by atoms with Crippen molar-refractivity contribution in [2.45, 2.75) is 51.3 Å². The van der Waals surface area contributed by atoms with Crippen LogP contribution < -0.4 is 15.8 Å². The number of nitrogens with zero attached hydrogens (tertiary/aromatic N) is 5. The molecule has 9 heteroatoms. The number of carbonyl (C=O) groups is 1. The number of quaternary nitrogens is 1. The fraction of sp³-hybridized carbons (Fsp3) is 0.273. The third kappa shape index (κ3) is 5.88. The minimum Gasteiger partial charge on any atom is -0.445 e. The van der Waals surface area contributed by atoms with Crippen LogP contribution in [0.5, 0.6) is 0 Å². The van der Waals surface area contributed by atoms with Gasteiger partial charge in [0.05, 0.1) is 6.04 Å². The van der Waals surface area contributed by atoms with Gasteiger partial charge in [-0.05, 0) is 55.4 Å². The first kappa shape index (κ1) is 27.6. The maximum absolute atomic E-state index is 13.0. The smallest absolute Gasteiger partial charge is 0.410 e. The summed E-state index contributed by atoms with van der Waals surface area (Å²) in [5.41, 5.74) is 4.87. The summed E-state index contributed by atoms with van der Waals surface area (Å²) in [5, 5.41) is 3.37. The molecule has 1 amide bonds. The molecule has 0 saturated carbocycles. The molecule has 214 valence electrons. The zero-order valence-corrected chi connectivity index (χ0v) is 23.8. The van der Waals surface area contributed by atoms with E-state index >= 15 is 0 Å². The van der Waals surface area contributed by atoms with Crippen LogP contribution in [-0.4, -0.2) is 39.9 Å². The summed E-state index contributed by atoms with van der Waals surface area (Å²) >= 11 is 0. The fourth-order valence-electron chi connectivity index (χ4n) is 5.68. The Balaban J connectivity index is 1.15. The molecule has 4 aromatic rings. The maximum atomic E-state index is 13.0. The zero-order chi connectivity index (χ0) is 28.9. The van der Waals surface area contributed by atoms with E-state index in [9.17, 15) is 4.79 Å². The molecule has 2 aliphatic heterocycles. The van der Waals surface area contributed by atoms with Gasteiger partial charge in [0.15, 0.2) is 5.69 Å². The van der Waals surface area contributed by atoms with Gasteiger partial charge in [0.2, 0.25) is 12.3 Å². The second kappa shape index (κ2) is 12.1. The maximum Gasteiger partial charge on any atom is 0.410 e. The number of hydrogen-bond acceptors (Lipinski definition) is 7. The number of aromatic nitrogens is 2. The Bertz CT molecular complexity index is 1560. The van der Waals surface area contributed by atoms with Gasteiger partial charge in [-0.15, -0.1) is 4.59 Å². The summed E-state index contributed by atoms with van der Waals surface area (Å²) in [6, 6.07) is 28.0. The molecule has 1 saturated heterocycles. The van der Waals surface area contributed by atoms with Crippen LogP contribution in [0.3, 0.4) is 0 Å². The highest BCUT2D eigenvalue weighted by molar-refractivity contribution is 5.93. The van der Waals surface area contributed by atoms with Gasteiger partial charge in [0.1, 0.15) is 12.3 Å². The molecule has 3 atom stereocenters. The number of nitrogens with one attached hydrogen (secondary N) is 1. The third-order valence-corrected chi connectivity index (χ3v) is 8.02. The quantitative estimate of drug-likeness (QED) is 0.186. The fourth-order valence-corrected chi connectivity index (χ4v) is 5.68.